The summed E-state index contributed by atoms with van der Waals surface area (Å²) < 4.78 is 9.14. The Morgan fingerprint density at radius 2 is 1.97 bits per heavy atom. The number of nitrogens with one attached hydrogen (secondary N) is 1. The van der Waals surface area contributed by atoms with Gasteiger partial charge in [0.15, 0.2) is 0 Å². The molecule has 1 aromatic carbocycles. The molecule has 4 rings (SSSR count). The van der Waals surface area contributed by atoms with Crippen LogP contribution in [0.1, 0.15) is 27.5 Å². The standard InChI is InChI=1S/C22H27N5O2/c1-17-6-5-7-18(14-17)20(26-10-12-29-13-11-26)16-23-21(28)19-15-24-25(2)22(19)27-8-3-4-9-27/h3-9,14-15,20H,10-13,16H2,1-2H3,(H,23,28). The number of aromatic nitrogens is 3. The number of rotatable bonds is 6. The predicted molar refractivity (Wildman–Crippen MR) is 111 cm³/mol. The first-order valence-corrected chi connectivity index (χ1v) is 9.95. The van der Waals surface area contributed by atoms with Gasteiger partial charge in [0.1, 0.15) is 11.4 Å². The lowest BCUT2D eigenvalue weighted by molar-refractivity contribution is 0.0162. The van der Waals surface area contributed by atoms with Crippen molar-refractivity contribution < 1.29 is 9.53 Å². The first kappa shape index (κ1) is 19.4. The maximum absolute atomic E-state index is 13.0. The van der Waals surface area contributed by atoms with E-state index in [0.29, 0.717) is 12.1 Å². The SMILES string of the molecule is Cc1cccc(C(CNC(=O)c2cnn(C)c2-n2cccc2)N2CCOCC2)c1. The van der Waals surface area contributed by atoms with Crippen molar-refractivity contribution in [3.05, 3.63) is 71.7 Å². The maximum Gasteiger partial charge on any atom is 0.256 e. The summed E-state index contributed by atoms with van der Waals surface area (Å²) in [6.45, 7) is 5.78. The van der Waals surface area contributed by atoms with Crippen LogP contribution in [-0.4, -0.2) is 58.0 Å². The summed E-state index contributed by atoms with van der Waals surface area (Å²) in [5, 5.41) is 7.43. The molecule has 1 unspecified atom stereocenters. The Hall–Kier alpha value is -2.90. The van der Waals surface area contributed by atoms with Crippen molar-refractivity contribution in [2.24, 2.45) is 7.05 Å². The number of ether oxygens (including phenoxy) is 1. The minimum absolute atomic E-state index is 0.106. The Bertz CT molecular complexity index is 958. The van der Waals surface area contributed by atoms with E-state index in [4.69, 9.17) is 4.74 Å². The van der Waals surface area contributed by atoms with Gasteiger partial charge in [-0.25, -0.2) is 0 Å². The molecule has 2 aromatic heterocycles. The van der Waals surface area contributed by atoms with E-state index in [2.05, 4.69) is 46.5 Å². The summed E-state index contributed by atoms with van der Waals surface area (Å²) in [7, 11) is 1.84. The average molecular weight is 393 g/mol. The highest BCUT2D eigenvalue weighted by atomic mass is 16.5. The van der Waals surface area contributed by atoms with Crippen LogP contribution in [0, 0.1) is 6.92 Å². The lowest BCUT2D eigenvalue weighted by atomic mass is 10.0. The second-order valence-corrected chi connectivity index (χ2v) is 7.38. The van der Waals surface area contributed by atoms with Crippen molar-refractivity contribution in [2.75, 3.05) is 32.8 Å². The summed E-state index contributed by atoms with van der Waals surface area (Å²) in [5.41, 5.74) is 2.99. The quantitative estimate of drug-likeness (QED) is 0.698. The monoisotopic (exact) mass is 393 g/mol. The molecule has 1 aliphatic rings. The molecule has 7 heteroatoms. The van der Waals surface area contributed by atoms with Crippen LogP contribution in [0.3, 0.4) is 0 Å². The van der Waals surface area contributed by atoms with E-state index < -0.39 is 0 Å². The summed E-state index contributed by atoms with van der Waals surface area (Å²) in [6.07, 6.45) is 5.45. The van der Waals surface area contributed by atoms with Gasteiger partial charge < -0.3 is 14.6 Å². The molecule has 0 radical (unpaired) electrons. The van der Waals surface area contributed by atoms with Crippen molar-refractivity contribution in [2.45, 2.75) is 13.0 Å². The van der Waals surface area contributed by atoms with Crippen LogP contribution >= 0.6 is 0 Å². The minimum Gasteiger partial charge on any atom is -0.379 e. The highest BCUT2D eigenvalue weighted by molar-refractivity contribution is 5.97. The van der Waals surface area contributed by atoms with Gasteiger partial charge in [-0.1, -0.05) is 29.8 Å². The summed E-state index contributed by atoms with van der Waals surface area (Å²) >= 11 is 0. The Labute approximate surface area is 170 Å². The number of hydrogen-bond acceptors (Lipinski definition) is 4. The van der Waals surface area contributed by atoms with Crippen molar-refractivity contribution >= 4 is 5.91 Å². The van der Waals surface area contributed by atoms with Gasteiger partial charge in [-0.3, -0.25) is 14.4 Å². The number of carbonyl (C=O) groups excluding carboxylic acids is 1. The molecule has 1 saturated heterocycles. The Morgan fingerprint density at radius 1 is 1.21 bits per heavy atom. The predicted octanol–water partition coefficient (Wildman–Crippen LogP) is 2.32. The number of benzene rings is 1. The summed E-state index contributed by atoms with van der Waals surface area (Å²) in [4.78, 5) is 15.4. The number of hydrogen-bond donors (Lipinski definition) is 1. The average Bonchev–Trinajstić information content (AvgIpc) is 3.38. The molecular formula is C22H27N5O2. The van der Waals surface area contributed by atoms with Crippen molar-refractivity contribution in [1.82, 2.24) is 24.6 Å². The molecule has 0 aliphatic carbocycles. The van der Waals surface area contributed by atoms with Gasteiger partial charge in [0.25, 0.3) is 5.91 Å². The number of aryl methyl sites for hydroxylation is 2. The van der Waals surface area contributed by atoms with Crippen LogP contribution in [0.15, 0.2) is 55.0 Å². The zero-order chi connectivity index (χ0) is 20.2. The molecule has 1 atom stereocenters. The molecule has 152 valence electrons. The van der Waals surface area contributed by atoms with E-state index in [1.807, 2.05) is 36.1 Å². The highest BCUT2D eigenvalue weighted by Crippen LogP contribution is 2.23. The van der Waals surface area contributed by atoms with E-state index in [0.717, 1.165) is 32.1 Å². The van der Waals surface area contributed by atoms with Crippen LogP contribution in [0.2, 0.25) is 0 Å². The third-order valence-corrected chi connectivity index (χ3v) is 5.37. The van der Waals surface area contributed by atoms with Crippen molar-refractivity contribution in [3.63, 3.8) is 0 Å². The van der Waals surface area contributed by atoms with Crippen LogP contribution in [-0.2, 0) is 11.8 Å². The fourth-order valence-corrected chi connectivity index (χ4v) is 3.88. The van der Waals surface area contributed by atoms with E-state index in [1.165, 1.54) is 11.1 Å². The second-order valence-electron chi connectivity index (χ2n) is 7.38. The maximum atomic E-state index is 13.0. The number of amides is 1. The van der Waals surface area contributed by atoms with Crippen LogP contribution < -0.4 is 5.32 Å². The largest absolute Gasteiger partial charge is 0.379 e. The molecule has 1 fully saturated rings. The minimum atomic E-state index is -0.118. The van der Waals surface area contributed by atoms with E-state index in [9.17, 15) is 4.79 Å². The molecule has 3 heterocycles. The Morgan fingerprint density at radius 3 is 2.69 bits per heavy atom. The highest BCUT2D eigenvalue weighted by Gasteiger charge is 2.25. The Kier molecular flexibility index (Phi) is 5.78. The molecule has 0 spiro atoms. The lowest BCUT2D eigenvalue weighted by Crippen LogP contribution is -2.43. The molecule has 1 amide bonds. The van der Waals surface area contributed by atoms with Crippen molar-refractivity contribution in [1.29, 1.82) is 0 Å². The number of nitrogens with zero attached hydrogens (tertiary/aromatic N) is 4. The number of morpholine rings is 1. The van der Waals surface area contributed by atoms with Crippen LogP contribution in [0.5, 0.6) is 0 Å². The zero-order valence-corrected chi connectivity index (χ0v) is 16.9. The van der Waals surface area contributed by atoms with Gasteiger partial charge in [-0.15, -0.1) is 0 Å². The molecule has 0 saturated carbocycles. The molecule has 7 nitrogen and oxygen atoms in total. The molecule has 1 N–H and O–H groups in total. The van der Waals surface area contributed by atoms with Gasteiger partial charge in [-0.05, 0) is 24.6 Å². The van der Waals surface area contributed by atoms with Crippen molar-refractivity contribution in [3.8, 4) is 5.82 Å². The Balaban J connectivity index is 1.54. The smallest absolute Gasteiger partial charge is 0.256 e. The van der Waals surface area contributed by atoms with Gasteiger partial charge in [0.05, 0.1) is 25.5 Å². The van der Waals surface area contributed by atoms with Gasteiger partial charge in [-0.2, -0.15) is 5.10 Å². The first-order valence-electron chi connectivity index (χ1n) is 9.95. The third kappa shape index (κ3) is 4.26. The third-order valence-electron chi connectivity index (χ3n) is 5.37. The lowest BCUT2D eigenvalue weighted by Gasteiger charge is -2.35. The molecule has 29 heavy (non-hydrogen) atoms. The van der Waals surface area contributed by atoms with E-state index in [1.54, 1.807) is 10.9 Å². The fraction of sp³-hybridized carbons (Fsp3) is 0.364. The summed E-state index contributed by atoms with van der Waals surface area (Å²) in [5.74, 6) is 0.638. The first-order chi connectivity index (χ1) is 14.1. The normalized spacial score (nSPS) is 15.9. The van der Waals surface area contributed by atoms with E-state index in [-0.39, 0.29) is 11.9 Å². The van der Waals surface area contributed by atoms with Gasteiger partial charge in [0.2, 0.25) is 0 Å². The number of carbonyl (C=O) groups is 1. The second kappa shape index (κ2) is 8.63. The molecule has 0 bridgehead atoms. The topological polar surface area (TPSA) is 64.3 Å². The van der Waals surface area contributed by atoms with Gasteiger partial charge >= 0.3 is 0 Å². The molecule has 1 aliphatic heterocycles. The van der Waals surface area contributed by atoms with Crippen LogP contribution in [0.25, 0.3) is 5.82 Å². The zero-order valence-electron chi connectivity index (χ0n) is 16.9. The summed E-state index contributed by atoms with van der Waals surface area (Å²) in [6, 6.07) is 12.5. The fourth-order valence-electron chi connectivity index (χ4n) is 3.88. The van der Waals surface area contributed by atoms with Gasteiger partial charge in [0, 0.05) is 39.1 Å². The molecule has 3 aromatic rings. The van der Waals surface area contributed by atoms with Crippen LogP contribution in [0.4, 0.5) is 0 Å². The molecular weight excluding hydrogens is 366 g/mol. The van der Waals surface area contributed by atoms with E-state index >= 15 is 0 Å².